The third-order valence-electron chi connectivity index (χ3n) is 4.72. The zero-order valence-electron chi connectivity index (χ0n) is 13.6. The molecule has 0 saturated carbocycles. The Morgan fingerprint density at radius 1 is 1.30 bits per heavy atom. The SMILES string of the molecule is CCc1c[nH]c2ncnc(N3CC(OC)(c4nccn4C)C3)c12. The lowest BCUT2D eigenvalue weighted by molar-refractivity contribution is -0.0474. The highest BCUT2D eigenvalue weighted by atomic mass is 16.5. The van der Waals surface area contributed by atoms with Crippen LogP contribution in [-0.2, 0) is 23.8 Å². The first-order valence-electron chi connectivity index (χ1n) is 7.77. The Balaban J connectivity index is 1.70. The molecule has 1 fully saturated rings. The van der Waals surface area contributed by atoms with Gasteiger partial charge in [-0.2, -0.15) is 0 Å². The number of anilines is 1. The first kappa shape index (κ1) is 14.2. The molecule has 0 aliphatic carbocycles. The average molecular weight is 312 g/mol. The maximum atomic E-state index is 5.82. The monoisotopic (exact) mass is 312 g/mol. The third-order valence-corrected chi connectivity index (χ3v) is 4.72. The van der Waals surface area contributed by atoms with Crippen molar-refractivity contribution in [1.29, 1.82) is 0 Å². The van der Waals surface area contributed by atoms with Crippen molar-refractivity contribution in [1.82, 2.24) is 24.5 Å². The summed E-state index contributed by atoms with van der Waals surface area (Å²) < 4.78 is 7.84. The number of methoxy groups -OCH3 is 1. The van der Waals surface area contributed by atoms with E-state index >= 15 is 0 Å². The number of imidazole rings is 1. The van der Waals surface area contributed by atoms with Gasteiger partial charge in [-0.1, -0.05) is 6.92 Å². The van der Waals surface area contributed by atoms with Crippen molar-refractivity contribution >= 4 is 16.9 Å². The van der Waals surface area contributed by atoms with E-state index < -0.39 is 0 Å². The number of aryl methyl sites for hydroxylation is 2. The molecule has 0 amide bonds. The molecule has 23 heavy (non-hydrogen) atoms. The smallest absolute Gasteiger partial charge is 0.160 e. The van der Waals surface area contributed by atoms with Crippen LogP contribution in [0.4, 0.5) is 5.82 Å². The van der Waals surface area contributed by atoms with Gasteiger partial charge in [-0.05, 0) is 12.0 Å². The summed E-state index contributed by atoms with van der Waals surface area (Å²) >= 11 is 0. The quantitative estimate of drug-likeness (QED) is 0.792. The second-order valence-electron chi connectivity index (χ2n) is 6.00. The summed E-state index contributed by atoms with van der Waals surface area (Å²) in [6, 6.07) is 0. The maximum Gasteiger partial charge on any atom is 0.160 e. The lowest BCUT2D eigenvalue weighted by Crippen LogP contribution is -2.62. The molecular weight excluding hydrogens is 292 g/mol. The van der Waals surface area contributed by atoms with Gasteiger partial charge < -0.3 is 19.2 Å². The van der Waals surface area contributed by atoms with Crippen molar-refractivity contribution in [3.8, 4) is 0 Å². The maximum absolute atomic E-state index is 5.82. The van der Waals surface area contributed by atoms with Gasteiger partial charge in [0.25, 0.3) is 0 Å². The second kappa shape index (κ2) is 5.06. The molecule has 0 unspecified atom stereocenters. The van der Waals surface area contributed by atoms with E-state index in [9.17, 15) is 0 Å². The Labute approximate surface area is 134 Å². The summed E-state index contributed by atoms with van der Waals surface area (Å²) in [7, 11) is 3.74. The van der Waals surface area contributed by atoms with Gasteiger partial charge in [0.1, 0.15) is 23.6 Å². The Morgan fingerprint density at radius 2 is 2.13 bits per heavy atom. The predicted octanol–water partition coefficient (Wildman–Crippen LogP) is 1.62. The first-order valence-corrected chi connectivity index (χ1v) is 7.77. The number of hydrogen-bond acceptors (Lipinski definition) is 5. The van der Waals surface area contributed by atoms with E-state index in [0.717, 1.165) is 42.2 Å². The fourth-order valence-corrected chi connectivity index (χ4v) is 3.41. The van der Waals surface area contributed by atoms with Crippen molar-refractivity contribution in [3.05, 3.63) is 36.3 Å². The zero-order valence-corrected chi connectivity index (χ0v) is 13.6. The van der Waals surface area contributed by atoms with Gasteiger partial charge in [0.05, 0.1) is 18.5 Å². The van der Waals surface area contributed by atoms with Crippen LogP contribution in [-0.4, -0.2) is 44.7 Å². The predicted molar refractivity (Wildman–Crippen MR) is 87.4 cm³/mol. The molecule has 0 aromatic carbocycles. The first-order chi connectivity index (χ1) is 11.2. The molecule has 0 atom stereocenters. The molecule has 0 spiro atoms. The van der Waals surface area contributed by atoms with E-state index in [0.29, 0.717) is 0 Å². The number of ether oxygens (including phenoxy) is 1. The van der Waals surface area contributed by atoms with Crippen LogP contribution in [0.25, 0.3) is 11.0 Å². The average Bonchev–Trinajstić information content (AvgIpc) is 3.14. The Bertz CT molecular complexity index is 845. The molecule has 4 rings (SSSR count). The molecule has 120 valence electrons. The number of hydrogen-bond donors (Lipinski definition) is 1. The highest BCUT2D eigenvalue weighted by molar-refractivity contribution is 5.91. The molecule has 1 aliphatic heterocycles. The highest BCUT2D eigenvalue weighted by Crippen LogP contribution is 2.39. The van der Waals surface area contributed by atoms with Crippen LogP contribution >= 0.6 is 0 Å². The second-order valence-corrected chi connectivity index (χ2v) is 6.00. The van der Waals surface area contributed by atoms with E-state index in [1.165, 1.54) is 5.56 Å². The summed E-state index contributed by atoms with van der Waals surface area (Å²) in [6.07, 6.45) is 8.33. The van der Waals surface area contributed by atoms with Gasteiger partial charge in [0.2, 0.25) is 0 Å². The molecule has 3 aromatic heterocycles. The van der Waals surface area contributed by atoms with Gasteiger partial charge in [0.15, 0.2) is 5.60 Å². The number of aromatic nitrogens is 5. The molecule has 7 nitrogen and oxygen atoms in total. The van der Waals surface area contributed by atoms with Crippen LogP contribution in [0.5, 0.6) is 0 Å². The Kier molecular flexibility index (Phi) is 3.12. The fraction of sp³-hybridized carbons (Fsp3) is 0.438. The van der Waals surface area contributed by atoms with Gasteiger partial charge in [-0.15, -0.1) is 0 Å². The van der Waals surface area contributed by atoms with Gasteiger partial charge >= 0.3 is 0 Å². The minimum Gasteiger partial charge on any atom is -0.367 e. The van der Waals surface area contributed by atoms with Crippen LogP contribution in [0.15, 0.2) is 24.9 Å². The summed E-state index contributed by atoms with van der Waals surface area (Å²) in [6.45, 7) is 3.60. The van der Waals surface area contributed by atoms with Crippen LogP contribution in [0.1, 0.15) is 18.3 Å². The van der Waals surface area contributed by atoms with Gasteiger partial charge in [-0.25, -0.2) is 15.0 Å². The summed E-state index contributed by atoms with van der Waals surface area (Å²) in [5.41, 5.74) is 1.75. The van der Waals surface area contributed by atoms with Crippen molar-refractivity contribution in [2.75, 3.05) is 25.1 Å². The van der Waals surface area contributed by atoms with Crippen LogP contribution in [0.2, 0.25) is 0 Å². The minimum absolute atomic E-state index is 0.377. The van der Waals surface area contributed by atoms with E-state index in [1.807, 2.05) is 30.2 Å². The molecule has 3 aromatic rings. The van der Waals surface area contributed by atoms with E-state index in [4.69, 9.17) is 4.74 Å². The van der Waals surface area contributed by atoms with Crippen LogP contribution < -0.4 is 4.90 Å². The Morgan fingerprint density at radius 3 is 2.78 bits per heavy atom. The van der Waals surface area contributed by atoms with Crippen LogP contribution in [0.3, 0.4) is 0 Å². The van der Waals surface area contributed by atoms with E-state index in [-0.39, 0.29) is 5.60 Å². The molecule has 7 heteroatoms. The number of nitrogens with zero attached hydrogens (tertiary/aromatic N) is 5. The molecular formula is C16H20N6O. The molecule has 1 saturated heterocycles. The molecule has 0 bridgehead atoms. The number of nitrogens with one attached hydrogen (secondary N) is 1. The lowest BCUT2D eigenvalue weighted by atomic mass is 9.92. The largest absolute Gasteiger partial charge is 0.367 e. The summed E-state index contributed by atoms with van der Waals surface area (Å²) in [5.74, 6) is 1.92. The van der Waals surface area contributed by atoms with Crippen molar-refractivity contribution in [2.24, 2.45) is 7.05 Å². The summed E-state index contributed by atoms with van der Waals surface area (Å²) in [4.78, 5) is 18.8. The van der Waals surface area contributed by atoms with Gasteiger partial charge in [0, 0.05) is 32.7 Å². The number of fused-ring (bicyclic) bond motifs is 1. The van der Waals surface area contributed by atoms with Crippen molar-refractivity contribution in [2.45, 2.75) is 18.9 Å². The number of rotatable bonds is 4. The normalized spacial score (nSPS) is 16.7. The highest BCUT2D eigenvalue weighted by Gasteiger charge is 2.48. The number of aromatic amines is 1. The molecule has 4 heterocycles. The topological polar surface area (TPSA) is 71.9 Å². The molecule has 0 radical (unpaired) electrons. The third kappa shape index (κ3) is 1.96. The zero-order chi connectivity index (χ0) is 16.0. The van der Waals surface area contributed by atoms with Crippen molar-refractivity contribution < 1.29 is 4.74 Å². The van der Waals surface area contributed by atoms with E-state index in [2.05, 4.69) is 31.8 Å². The lowest BCUT2D eigenvalue weighted by Gasteiger charge is -2.48. The molecule has 1 N–H and O–H groups in total. The van der Waals surface area contributed by atoms with Crippen LogP contribution in [0, 0.1) is 0 Å². The minimum atomic E-state index is -0.377. The standard InChI is InChI=1S/C16H20N6O/c1-4-11-7-18-13-12(11)14(20-10-19-13)22-8-16(9-22,23-3)15-17-5-6-21(15)2/h5-7,10H,4,8-9H2,1-3H3,(H,18,19,20). The fourth-order valence-electron chi connectivity index (χ4n) is 3.41. The van der Waals surface area contributed by atoms with Gasteiger partial charge in [-0.3, -0.25) is 0 Å². The van der Waals surface area contributed by atoms with Crippen molar-refractivity contribution in [3.63, 3.8) is 0 Å². The number of H-pyrrole nitrogens is 1. The van der Waals surface area contributed by atoms with E-state index in [1.54, 1.807) is 13.4 Å². The molecule has 1 aliphatic rings. The Hall–Kier alpha value is -2.41. The summed E-state index contributed by atoms with van der Waals surface area (Å²) in [5, 5.41) is 1.11.